The molecule has 0 bridgehead atoms. The lowest BCUT2D eigenvalue weighted by Crippen LogP contribution is -2.28. The summed E-state index contributed by atoms with van der Waals surface area (Å²) in [5.74, 6) is 0. The highest BCUT2D eigenvalue weighted by Gasteiger charge is 2.09. The normalized spacial score (nSPS) is 15.0. The van der Waals surface area contributed by atoms with Gasteiger partial charge in [0, 0.05) is 0 Å². The first kappa shape index (κ1) is 8.65. The summed E-state index contributed by atoms with van der Waals surface area (Å²) in [4.78, 5) is 4.05. The topological polar surface area (TPSA) is 46.5 Å². The van der Waals surface area contributed by atoms with Gasteiger partial charge in [-0.1, -0.05) is 0 Å². The van der Waals surface area contributed by atoms with Crippen molar-refractivity contribution in [3.63, 3.8) is 0 Å². The van der Waals surface area contributed by atoms with Crippen molar-refractivity contribution in [2.24, 2.45) is 5.10 Å². The molecule has 0 aromatic carbocycles. The first-order valence-electron chi connectivity index (χ1n) is 3.85. The number of pyridine rings is 1. The fourth-order valence-electron chi connectivity index (χ4n) is 0.843. The highest BCUT2D eigenvalue weighted by molar-refractivity contribution is 9.10. The first-order chi connectivity index (χ1) is 6.34. The van der Waals surface area contributed by atoms with Crippen LogP contribution in [-0.2, 0) is 4.74 Å². The van der Waals surface area contributed by atoms with Crippen molar-refractivity contribution in [2.75, 3.05) is 18.6 Å². The van der Waals surface area contributed by atoms with Gasteiger partial charge in [-0.15, -0.1) is 0 Å². The summed E-state index contributed by atoms with van der Waals surface area (Å²) in [7, 11) is 0. The Morgan fingerprint density at radius 1 is 1.46 bits per heavy atom. The Morgan fingerprint density at radius 2 is 2.31 bits per heavy atom. The van der Waals surface area contributed by atoms with Crippen molar-refractivity contribution in [3.05, 3.63) is 22.9 Å². The molecule has 0 saturated carbocycles. The second-order valence-electron chi connectivity index (χ2n) is 2.65. The van der Waals surface area contributed by atoms with Gasteiger partial charge in [-0.25, -0.2) is 4.98 Å². The first-order valence-corrected chi connectivity index (χ1v) is 4.64. The van der Waals surface area contributed by atoms with Gasteiger partial charge in [0.1, 0.15) is 4.60 Å². The molecule has 68 valence electrons. The number of hydrazone groups is 1. The number of nitrogens with one attached hydrogen (secondary N) is 1. The van der Waals surface area contributed by atoms with Crippen LogP contribution < -0.4 is 5.43 Å². The van der Waals surface area contributed by atoms with Crippen molar-refractivity contribution in [2.45, 2.75) is 0 Å². The Kier molecular flexibility index (Phi) is 2.56. The average Bonchev–Trinajstić information content (AvgIpc) is 2.05. The standard InChI is InChI=1S/C8H8BrN3O/c9-8-2-1-6(3-10-8)11-12-7-4-13-5-7/h1-3,11H,4-5H2. The van der Waals surface area contributed by atoms with Crippen molar-refractivity contribution >= 4 is 27.3 Å². The van der Waals surface area contributed by atoms with E-state index in [1.165, 1.54) is 0 Å². The minimum atomic E-state index is 0.636. The summed E-state index contributed by atoms with van der Waals surface area (Å²) >= 11 is 3.26. The Hall–Kier alpha value is -0.940. The molecule has 0 unspecified atom stereocenters. The van der Waals surface area contributed by atoms with E-state index >= 15 is 0 Å². The van der Waals surface area contributed by atoms with Crippen LogP contribution in [-0.4, -0.2) is 23.9 Å². The van der Waals surface area contributed by atoms with Crippen LogP contribution in [0.5, 0.6) is 0 Å². The monoisotopic (exact) mass is 241 g/mol. The predicted octanol–water partition coefficient (Wildman–Crippen LogP) is 1.64. The van der Waals surface area contributed by atoms with E-state index in [1.807, 2.05) is 12.1 Å². The fourth-order valence-corrected chi connectivity index (χ4v) is 1.08. The van der Waals surface area contributed by atoms with Gasteiger partial charge in [0.25, 0.3) is 0 Å². The molecule has 0 amide bonds. The highest BCUT2D eigenvalue weighted by atomic mass is 79.9. The van der Waals surface area contributed by atoms with Crippen molar-refractivity contribution in [3.8, 4) is 0 Å². The van der Waals surface area contributed by atoms with Gasteiger partial charge in [0.15, 0.2) is 0 Å². The Bertz CT molecular complexity index is 317. The van der Waals surface area contributed by atoms with E-state index in [0.29, 0.717) is 13.2 Å². The summed E-state index contributed by atoms with van der Waals surface area (Å²) in [5.41, 5.74) is 4.81. The average molecular weight is 242 g/mol. The molecule has 13 heavy (non-hydrogen) atoms. The van der Waals surface area contributed by atoms with Crippen molar-refractivity contribution in [1.29, 1.82) is 0 Å². The minimum absolute atomic E-state index is 0.636. The van der Waals surface area contributed by atoms with E-state index in [0.717, 1.165) is 16.0 Å². The number of ether oxygens (including phenoxy) is 1. The number of anilines is 1. The maximum atomic E-state index is 4.95. The lowest BCUT2D eigenvalue weighted by Gasteiger charge is -2.15. The van der Waals surface area contributed by atoms with Gasteiger partial charge >= 0.3 is 0 Å². The molecule has 1 fully saturated rings. The van der Waals surface area contributed by atoms with Gasteiger partial charge in [0.05, 0.1) is 30.8 Å². The number of hydrogen-bond donors (Lipinski definition) is 1. The molecule has 1 aromatic rings. The summed E-state index contributed by atoms with van der Waals surface area (Å²) in [5, 5.41) is 4.12. The van der Waals surface area contributed by atoms with E-state index in [-0.39, 0.29) is 0 Å². The van der Waals surface area contributed by atoms with Crippen LogP contribution in [0.25, 0.3) is 0 Å². The minimum Gasteiger partial charge on any atom is -0.369 e. The van der Waals surface area contributed by atoms with E-state index in [1.54, 1.807) is 6.20 Å². The Labute approximate surface area is 84.1 Å². The molecule has 0 radical (unpaired) electrons. The number of halogens is 1. The predicted molar refractivity (Wildman–Crippen MR) is 53.8 cm³/mol. The summed E-state index contributed by atoms with van der Waals surface area (Å²) in [6.07, 6.45) is 1.72. The largest absolute Gasteiger partial charge is 0.369 e. The lowest BCUT2D eigenvalue weighted by atomic mass is 10.3. The molecule has 0 atom stereocenters. The molecule has 0 spiro atoms. The van der Waals surface area contributed by atoms with E-state index < -0.39 is 0 Å². The maximum absolute atomic E-state index is 4.95. The molecule has 4 nitrogen and oxygen atoms in total. The Morgan fingerprint density at radius 3 is 2.85 bits per heavy atom. The van der Waals surface area contributed by atoms with Crippen LogP contribution in [0.15, 0.2) is 28.0 Å². The van der Waals surface area contributed by atoms with Crippen LogP contribution >= 0.6 is 15.9 Å². The molecule has 5 heteroatoms. The molecule has 2 heterocycles. The summed E-state index contributed by atoms with van der Waals surface area (Å²) in [6, 6.07) is 3.76. The van der Waals surface area contributed by atoms with Gasteiger partial charge in [-0.3, -0.25) is 5.43 Å². The van der Waals surface area contributed by atoms with Crippen LogP contribution in [0.3, 0.4) is 0 Å². The molecule has 2 rings (SSSR count). The van der Waals surface area contributed by atoms with Gasteiger partial charge < -0.3 is 4.74 Å². The quantitative estimate of drug-likeness (QED) is 0.633. The van der Waals surface area contributed by atoms with Crippen molar-refractivity contribution < 1.29 is 4.74 Å². The smallest absolute Gasteiger partial charge is 0.106 e. The summed E-state index contributed by atoms with van der Waals surface area (Å²) < 4.78 is 5.77. The van der Waals surface area contributed by atoms with Crippen LogP contribution in [0.4, 0.5) is 5.69 Å². The molecular weight excluding hydrogens is 234 g/mol. The third kappa shape index (κ3) is 2.26. The molecule has 1 N–H and O–H groups in total. The van der Waals surface area contributed by atoms with E-state index in [2.05, 4.69) is 31.4 Å². The van der Waals surface area contributed by atoms with Crippen molar-refractivity contribution in [1.82, 2.24) is 4.98 Å². The van der Waals surface area contributed by atoms with Gasteiger partial charge in [-0.2, -0.15) is 5.10 Å². The third-order valence-corrected chi connectivity index (χ3v) is 2.08. The van der Waals surface area contributed by atoms with Crippen LogP contribution in [0, 0.1) is 0 Å². The number of aromatic nitrogens is 1. The number of nitrogens with zero attached hydrogens (tertiary/aromatic N) is 2. The molecule has 1 aliphatic rings. The molecule has 0 aliphatic carbocycles. The summed E-state index contributed by atoms with van der Waals surface area (Å²) in [6.45, 7) is 1.27. The molecule has 1 aromatic heterocycles. The zero-order chi connectivity index (χ0) is 9.10. The molecule has 1 saturated heterocycles. The second kappa shape index (κ2) is 3.85. The molecule has 1 aliphatic heterocycles. The fraction of sp³-hybridized carbons (Fsp3) is 0.250. The second-order valence-corrected chi connectivity index (χ2v) is 3.46. The van der Waals surface area contributed by atoms with E-state index in [9.17, 15) is 0 Å². The van der Waals surface area contributed by atoms with Gasteiger partial charge in [0.2, 0.25) is 0 Å². The number of rotatable bonds is 2. The maximum Gasteiger partial charge on any atom is 0.106 e. The highest BCUT2D eigenvalue weighted by Crippen LogP contribution is 2.10. The zero-order valence-electron chi connectivity index (χ0n) is 6.83. The molecular formula is C8H8BrN3O. The SMILES string of the molecule is Brc1ccc(NN=C2COC2)cn1. The van der Waals surface area contributed by atoms with Crippen LogP contribution in [0.2, 0.25) is 0 Å². The lowest BCUT2D eigenvalue weighted by molar-refractivity contribution is 0.159. The number of hydrogen-bond acceptors (Lipinski definition) is 4. The Balaban J connectivity index is 1.97. The zero-order valence-corrected chi connectivity index (χ0v) is 8.41. The van der Waals surface area contributed by atoms with Crippen LogP contribution in [0.1, 0.15) is 0 Å². The third-order valence-electron chi connectivity index (χ3n) is 1.61. The van der Waals surface area contributed by atoms with E-state index in [4.69, 9.17) is 4.74 Å². The van der Waals surface area contributed by atoms with Gasteiger partial charge in [-0.05, 0) is 28.1 Å².